The minimum atomic E-state index is 1.07. The summed E-state index contributed by atoms with van der Waals surface area (Å²) >= 11 is 3.49. The molecule has 0 amide bonds. The summed E-state index contributed by atoms with van der Waals surface area (Å²) in [4.78, 5) is 0. The van der Waals surface area contributed by atoms with Crippen LogP contribution in [-0.2, 0) is 0 Å². The Balaban J connectivity index is 0.000000561. The largest absolute Gasteiger partial charge is 0.0683 e. The molecule has 0 aliphatic heterocycles. The van der Waals surface area contributed by atoms with Gasteiger partial charge in [-0.25, -0.2) is 0 Å². The van der Waals surface area contributed by atoms with Gasteiger partial charge >= 0.3 is 0 Å². The van der Waals surface area contributed by atoms with Gasteiger partial charge in [0.05, 0.1) is 0 Å². The van der Waals surface area contributed by atoms with Crippen molar-refractivity contribution in [3.05, 3.63) is 34.4 Å². The summed E-state index contributed by atoms with van der Waals surface area (Å²) in [6, 6.07) is 0. The van der Waals surface area contributed by atoms with Crippen molar-refractivity contribution >= 4 is 15.9 Å². The molecule has 0 bridgehead atoms. The van der Waals surface area contributed by atoms with E-state index in [1.807, 2.05) is 13.8 Å². The molecule has 0 fully saturated rings. The Labute approximate surface area is 84.2 Å². The molecule has 0 N–H and O–H groups in total. The third-order valence-corrected chi connectivity index (χ3v) is 2.11. The Kier molecular flexibility index (Phi) is 7.17. The molecule has 0 nitrogen and oxygen atoms in total. The molecule has 1 heteroatoms. The van der Waals surface area contributed by atoms with Crippen LogP contribution in [-0.4, -0.2) is 0 Å². The van der Waals surface area contributed by atoms with Gasteiger partial charge in [0.2, 0.25) is 0 Å². The fourth-order valence-corrected chi connectivity index (χ4v) is 1.44. The number of rotatable bonds is 1. The SMILES string of the molecule is CC.CCC1=CC=CC=C(Br)C1. The van der Waals surface area contributed by atoms with Crippen LogP contribution in [0.3, 0.4) is 0 Å². The molecular formula is C11H17Br. The van der Waals surface area contributed by atoms with E-state index in [-0.39, 0.29) is 0 Å². The molecule has 0 aromatic heterocycles. The van der Waals surface area contributed by atoms with E-state index in [0.717, 1.165) is 12.8 Å². The lowest BCUT2D eigenvalue weighted by Gasteiger charge is -1.99. The van der Waals surface area contributed by atoms with Crippen molar-refractivity contribution in [3.63, 3.8) is 0 Å². The van der Waals surface area contributed by atoms with Crippen LogP contribution >= 0.6 is 15.9 Å². The summed E-state index contributed by atoms with van der Waals surface area (Å²) in [5.41, 5.74) is 1.48. The number of hydrogen-bond acceptors (Lipinski definition) is 0. The summed E-state index contributed by atoms with van der Waals surface area (Å²) in [6.07, 6.45) is 10.7. The molecule has 0 radical (unpaired) electrons. The predicted molar refractivity (Wildman–Crippen MR) is 60.5 cm³/mol. The predicted octanol–water partition coefficient (Wildman–Crippen LogP) is 4.59. The second kappa shape index (κ2) is 7.35. The Morgan fingerprint density at radius 2 is 1.83 bits per heavy atom. The van der Waals surface area contributed by atoms with Crippen molar-refractivity contribution in [1.82, 2.24) is 0 Å². The average molecular weight is 229 g/mol. The highest BCUT2D eigenvalue weighted by atomic mass is 79.9. The highest BCUT2D eigenvalue weighted by Gasteiger charge is 1.97. The molecule has 0 unspecified atom stereocenters. The van der Waals surface area contributed by atoms with E-state index in [9.17, 15) is 0 Å². The lowest BCUT2D eigenvalue weighted by molar-refractivity contribution is 1.03. The molecule has 0 aromatic rings. The van der Waals surface area contributed by atoms with E-state index in [0.29, 0.717) is 0 Å². The van der Waals surface area contributed by atoms with Crippen LogP contribution in [0.4, 0.5) is 0 Å². The molecule has 1 aliphatic rings. The first kappa shape index (κ1) is 11.7. The maximum absolute atomic E-state index is 3.49. The van der Waals surface area contributed by atoms with Crippen LogP contribution in [0.25, 0.3) is 0 Å². The van der Waals surface area contributed by atoms with Gasteiger partial charge in [0.15, 0.2) is 0 Å². The lowest BCUT2D eigenvalue weighted by Crippen LogP contribution is -1.78. The van der Waals surface area contributed by atoms with E-state index < -0.39 is 0 Å². The van der Waals surface area contributed by atoms with Crippen LogP contribution < -0.4 is 0 Å². The summed E-state index contributed by atoms with van der Waals surface area (Å²) in [6.45, 7) is 6.19. The van der Waals surface area contributed by atoms with E-state index in [1.54, 1.807) is 0 Å². The van der Waals surface area contributed by atoms with Gasteiger partial charge in [0.1, 0.15) is 0 Å². The first-order valence-corrected chi connectivity index (χ1v) is 5.33. The van der Waals surface area contributed by atoms with Gasteiger partial charge in [-0.05, 0) is 10.9 Å². The third-order valence-electron chi connectivity index (χ3n) is 1.57. The molecular weight excluding hydrogens is 212 g/mol. The highest BCUT2D eigenvalue weighted by molar-refractivity contribution is 9.11. The molecule has 0 heterocycles. The van der Waals surface area contributed by atoms with Crippen LogP contribution in [0.5, 0.6) is 0 Å². The summed E-state index contributed by atoms with van der Waals surface area (Å²) in [5.74, 6) is 0. The first-order valence-electron chi connectivity index (χ1n) is 4.53. The first-order chi connectivity index (χ1) is 5.83. The summed E-state index contributed by atoms with van der Waals surface area (Å²) in [7, 11) is 0. The third kappa shape index (κ3) is 4.55. The van der Waals surface area contributed by atoms with Gasteiger partial charge in [0, 0.05) is 6.42 Å². The quantitative estimate of drug-likeness (QED) is 0.617. The lowest BCUT2D eigenvalue weighted by atomic mass is 10.1. The number of halogens is 1. The zero-order chi connectivity index (χ0) is 9.40. The number of hydrogen-bond donors (Lipinski definition) is 0. The smallest absolute Gasteiger partial charge is 0.000232 e. The summed E-state index contributed by atoms with van der Waals surface area (Å²) < 4.78 is 1.27. The van der Waals surface area contributed by atoms with Crippen molar-refractivity contribution in [2.75, 3.05) is 0 Å². The van der Waals surface area contributed by atoms with Gasteiger partial charge in [-0.2, -0.15) is 0 Å². The molecule has 1 aliphatic carbocycles. The monoisotopic (exact) mass is 228 g/mol. The summed E-state index contributed by atoms with van der Waals surface area (Å²) in [5, 5.41) is 0. The van der Waals surface area contributed by atoms with E-state index in [1.165, 1.54) is 10.1 Å². The van der Waals surface area contributed by atoms with Crippen molar-refractivity contribution in [2.24, 2.45) is 0 Å². The molecule has 0 saturated heterocycles. The van der Waals surface area contributed by atoms with Crippen LogP contribution in [0.15, 0.2) is 34.4 Å². The average Bonchev–Trinajstić information content (AvgIpc) is 2.33. The van der Waals surface area contributed by atoms with E-state index >= 15 is 0 Å². The molecule has 0 saturated carbocycles. The Bertz CT molecular complexity index is 197. The van der Waals surface area contributed by atoms with Crippen molar-refractivity contribution in [1.29, 1.82) is 0 Å². The highest BCUT2D eigenvalue weighted by Crippen LogP contribution is 2.21. The van der Waals surface area contributed by atoms with Crippen molar-refractivity contribution in [2.45, 2.75) is 33.6 Å². The molecule has 0 atom stereocenters. The minimum Gasteiger partial charge on any atom is -0.0683 e. The Morgan fingerprint density at radius 1 is 1.25 bits per heavy atom. The molecule has 1 rings (SSSR count). The minimum absolute atomic E-state index is 1.07. The topological polar surface area (TPSA) is 0 Å². The normalized spacial score (nSPS) is 15.3. The zero-order valence-corrected chi connectivity index (χ0v) is 9.69. The van der Waals surface area contributed by atoms with Gasteiger partial charge in [-0.1, -0.05) is 66.6 Å². The van der Waals surface area contributed by atoms with Crippen LogP contribution in [0.1, 0.15) is 33.6 Å². The van der Waals surface area contributed by atoms with Gasteiger partial charge < -0.3 is 0 Å². The van der Waals surface area contributed by atoms with E-state index in [2.05, 4.69) is 47.2 Å². The molecule has 68 valence electrons. The van der Waals surface area contributed by atoms with Crippen LogP contribution in [0.2, 0.25) is 0 Å². The van der Waals surface area contributed by atoms with Gasteiger partial charge in [0.25, 0.3) is 0 Å². The van der Waals surface area contributed by atoms with Gasteiger partial charge in [-0.15, -0.1) is 0 Å². The second-order valence-corrected chi connectivity index (χ2v) is 3.37. The number of allylic oxidation sites excluding steroid dienone is 6. The zero-order valence-electron chi connectivity index (χ0n) is 8.10. The second-order valence-electron chi connectivity index (χ2n) is 2.35. The standard InChI is InChI=1S/C9H11Br.C2H6/c1-2-8-5-3-4-6-9(10)7-8;1-2/h3-6H,2,7H2,1H3;1-2H3. The Hall–Kier alpha value is -0.300. The molecule has 0 spiro atoms. The van der Waals surface area contributed by atoms with Crippen LogP contribution in [0, 0.1) is 0 Å². The Morgan fingerprint density at radius 3 is 2.42 bits per heavy atom. The van der Waals surface area contributed by atoms with Crippen molar-refractivity contribution in [3.8, 4) is 0 Å². The maximum Gasteiger partial charge on any atom is 0.000232 e. The molecule has 0 aromatic carbocycles. The maximum atomic E-state index is 3.49. The van der Waals surface area contributed by atoms with E-state index in [4.69, 9.17) is 0 Å². The van der Waals surface area contributed by atoms with Gasteiger partial charge in [-0.3, -0.25) is 0 Å². The fraction of sp³-hybridized carbons (Fsp3) is 0.455. The fourth-order valence-electron chi connectivity index (χ4n) is 0.929. The molecule has 12 heavy (non-hydrogen) atoms. The van der Waals surface area contributed by atoms with Crippen molar-refractivity contribution < 1.29 is 0 Å².